The summed E-state index contributed by atoms with van der Waals surface area (Å²) in [5.74, 6) is -1.01. The lowest BCUT2D eigenvalue weighted by Crippen LogP contribution is -2.46. The summed E-state index contributed by atoms with van der Waals surface area (Å²) < 4.78 is 33.0. The van der Waals surface area contributed by atoms with Crippen LogP contribution in [-0.4, -0.2) is 49.6 Å². The summed E-state index contributed by atoms with van der Waals surface area (Å²) >= 11 is 6.49. The van der Waals surface area contributed by atoms with E-state index in [1.54, 1.807) is 12.1 Å². The van der Waals surface area contributed by atoms with Gasteiger partial charge in [-0.3, -0.25) is 4.79 Å². The average Bonchev–Trinajstić information content (AvgIpc) is 2.41. The Balaban J connectivity index is 2.26. The van der Waals surface area contributed by atoms with E-state index in [-0.39, 0.29) is 31.0 Å². The Morgan fingerprint density at radius 2 is 2.14 bits per heavy atom. The van der Waals surface area contributed by atoms with Gasteiger partial charge >= 0.3 is 5.97 Å². The molecule has 0 aliphatic carbocycles. The maximum Gasteiger partial charge on any atom is 0.306 e. The van der Waals surface area contributed by atoms with Crippen molar-refractivity contribution >= 4 is 47.9 Å². The van der Waals surface area contributed by atoms with Crippen LogP contribution >= 0.6 is 31.9 Å². The minimum Gasteiger partial charge on any atom is -0.481 e. The van der Waals surface area contributed by atoms with Gasteiger partial charge in [0.2, 0.25) is 10.0 Å². The van der Waals surface area contributed by atoms with Crippen LogP contribution in [0.2, 0.25) is 0 Å². The van der Waals surface area contributed by atoms with Crippen molar-refractivity contribution in [1.82, 2.24) is 4.31 Å². The van der Waals surface area contributed by atoms with Crippen LogP contribution in [0.25, 0.3) is 0 Å². The Morgan fingerprint density at radius 1 is 1.43 bits per heavy atom. The van der Waals surface area contributed by atoms with E-state index in [1.165, 1.54) is 10.4 Å². The van der Waals surface area contributed by atoms with E-state index in [2.05, 4.69) is 31.9 Å². The van der Waals surface area contributed by atoms with Crippen molar-refractivity contribution in [3.63, 3.8) is 0 Å². The number of carbonyl (C=O) groups is 1. The molecule has 116 valence electrons. The summed E-state index contributed by atoms with van der Waals surface area (Å²) in [6.07, 6.45) is -0.844. The van der Waals surface area contributed by atoms with E-state index in [0.717, 1.165) is 0 Å². The second-order valence-electron chi connectivity index (χ2n) is 4.53. The molecule has 1 unspecified atom stereocenters. The number of aliphatic carboxylic acids is 1. The Hall–Kier alpha value is -0.480. The third-order valence-electron chi connectivity index (χ3n) is 3.01. The number of nitrogens with zero attached hydrogens (tertiary/aromatic N) is 1. The first-order valence-electron chi connectivity index (χ1n) is 6.09. The van der Waals surface area contributed by atoms with Crippen molar-refractivity contribution < 1.29 is 23.1 Å². The maximum atomic E-state index is 12.7. The molecule has 1 N–H and O–H groups in total. The molecule has 1 saturated heterocycles. The number of ether oxygens (including phenoxy) is 1. The van der Waals surface area contributed by atoms with Gasteiger partial charge in [-0.15, -0.1) is 0 Å². The summed E-state index contributed by atoms with van der Waals surface area (Å²) in [7, 11) is -3.70. The topological polar surface area (TPSA) is 83.9 Å². The van der Waals surface area contributed by atoms with Gasteiger partial charge in [0.15, 0.2) is 0 Å². The van der Waals surface area contributed by atoms with Gasteiger partial charge in [0.25, 0.3) is 0 Å². The predicted molar refractivity (Wildman–Crippen MR) is 82.6 cm³/mol. The third-order valence-corrected chi connectivity index (χ3v) is 6.37. The molecule has 0 saturated carbocycles. The van der Waals surface area contributed by atoms with Gasteiger partial charge in [-0.25, -0.2) is 8.42 Å². The summed E-state index contributed by atoms with van der Waals surface area (Å²) in [4.78, 5) is 10.9. The summed E-state index contributed by atoms with van der Waals surface area (Å²) in [6.45, 7) is 0.424. The highest BCUT2D eigenvalue weighted by Crippen LogP contribution is 2.29. The lowest BCUT2D eigenvalue weighted by molar-refractivity contribution is -0.141. The van der Waals surface area contributed by atoms with E-state index in [0.29, 0.717) is 8.95 Å². The lowest BCUT2D eigenvalue weighted by Gasteiger charge is -2.31. The summed E-state index contributed by atoms with van der Waals surface area (Å²) in [5, 5.41) is 8.79. The molecule has 1 aliphatic rings. The molecule has 0 amide bonds. The Bertz CT molecular complexity index is 649. The highest BCUT2D eigenvalue weighted by Gasteiger charge is 2.32. The smallest absolute Gasteiger partial charge is 0.306 e. The number of hydrogen-bond donors (Lipinski definition) is 1. The summed E-state index contributed by atoms with van der Waals surface area (Å²) in [6, 6.07) is 4.89. The van der Waals surface area contributed by atoms with E-state index < -0.39 is 22.1 Å². The van der Waals surface area contributed by atoms with Crippen LogP contribution < -0.4 is 0 Å². The van der Waals surface area contributed by atoms with Crippen molar-refractivity contribution in [2.45, 2.75) is 17.4 Å². The van der Waals surface area contributed by atoms with Crippen LogP contribution in [0.15, 0.2) is 32.0 Å². The predicted octanol–water partition coefficient (Wildman–Crippen LogP) is 2.08. The van der Waals surface area contributed by atoms with Crippen LogP contribution in [0.5, 0.6) is 0 Å². The first-order valence-corrected chi connectivity index (χ1v) is 9.12. The molecular formula is C12H13Br2NO5S. The Labute approximate surface area is 139 Å². The van der Waals surface area contributed by atoms with Crippen LogP contribution in [0.1, 0.15) is 6.42 Å². The SMILES string of the molecule is O=C(O)CC1CN(S(=O)(=O)c2cc(Br)ccc2Br)CCO1. The number of halogens is 2. The number of hydrogen-bond acceptors (Lipinski definition) is 4. The molecule has 0 spiro atoms. The zero-order chi connectivity index (χ0) is 15.6. The molecule has 1 heterocycles. The van der Waals surface area contributed by atoms with Crippen LogP contribution in [0, 0.1) is 0 Å². The fourth-order valence-corrected chi connectivity index (χ4v) is 4.96. The van der Waals surface area contributed by atoms with Gasteiger partial charge in [-0.05, 0) is 34.1 Å². The molecule has 1 aliphatic heterocycles. The van der Waals surface area contributed by atoms with Crippen LogP contribution in [0.3, 0.4) is 0 Å². The molecule has 1 atom stereocenters. The van der Waals surface area contributed by atoms with Crippen molar-refractivity contribution in [3.8, 4) is 0 Å². The average molecular weight is 443 g/mol. The molecule has 1 aromatic carbocycles. The minimum atomic E-state index is -3.70. The van der Waals surface area contributed by atoms with Crippen LogP contribution in [0.4, 0.5) is 0 Å². The third kappa shape index (κ3) is 4.04. The molecule has 6 nitrogen and oxygen atoms in total. The van der Waals surface area contributed by atoms with Crippen molar-refractivity contribution in [2.24, 2.45) is 0 Å². The fraction of sp³-hybridized carbons (Fsp3) is 0.417. The summed E-state index contributed by atoms with van der Waals surface area (Å²) in [5.41, 5.74) is 0. The van der Waals surface area contributed by atoms with Gasteiger partial charge in [0.05, 0.1) is 24.0 Å². The zero-order valence-electron chi connectivity index (χ0n) is 10.8. The van der Waals surface area contributed by atoms with Gasteiger partial charge in [-0.1, -0.05) is 15.9 Å². The Kier molecular flexibility index (Phi) is 5.42. The molecule has 1 fully saturated rings. The number of carboxylic acids is 1. The number of carboxylic acid groups (broad SMARTS) is 1. The lowest BCUT2D eigenvalue weighted by atomic mass is 10.2. The maximum absolute atomic E-state index is 12.7. The fourth-order valence-electron chi connectivity index (χ4n) is 2.04. The molecule has 21 heavy (non-hydrogen) atoms. The van der Waals surface area contributed by atoms with E-state index in [1.807, 2.05) is 0 Å². The highest BCUT2D eigenvalue weighted by atomic mass is 79.9. The zero-order valence-corrected chi connectivity index (χ0v) is 14.8. The number of sulfonamides is 1. The standard InChI is InChI=1S/C12H13Br2NO5S/c13-8-1-2-10(14)11(5-8)21(18,19)15-3-4-20-9(7-15)6-12(16)17/h1-2,5,9H,3-4,6-7H2,(H,16,17). The largest absolute Gasteiger partial charge is 0.481 e. The van der Waals surface area contributed by atoms with Crippen molar-refractivity contribution in [3.05, 3.63) is 27.1 Å². The van der Waals surface area contributed by atoms with Crippen molar-refractivity contribution in [2.75, 3.05) is 19.7 Å². The molecule has 1 aromatic rings. The van der Waals surface area contributed by atoms with Gasteiger partial charge in [0.1, 0.15) is 0 Å². The number of rotatable bonds is 4. The van der Waals surface area contributed by atoms with E-state index >= 15 is 0 Å². The second kappa shape index (κ2) is 6.74. The van der Waals surface area contributed by atoms with Gasteiger partial charge in [0, 0.05) is 22.0 Å². The first-order chi connectivity index (χ1) is 9.80. The number of morpholine rings is 1. The van der Waals surface area contributed by atoms with Gasteiger partial charge < -0.3 is 9.84 Å². The molecule has 0 radical (unpaired) electrons. The number of benzene rings is 1. The normalized spacial score (nSPS) is 20.4. The second-order valence-corrected chi connectivity index (χ2v) is 8.20. The molecular weight excluding hydrogens is 430 g/mol. The minimum absolute atomic E-state index is 0.0353. The molecule has 0 aromatic heterocycles. The quantitative estimate of drug-likeness (QED) is 0.771. The van der Waals surface area contributed by atoms with Gasteiger partial charge in [-0.2, -0.15) is 4.31 Å². The first kappa shape index (κ1) is 16.9. The molecule has 9 heteroatoms. The van der Waals surface area contributed by atoms with Crippen LogP contribution in [-0.2, 0) is 19.6 Å². The highest BCUT2D eigenvalue weighted by molar-refractivity contribution is 9.11. The molecule has 2 rings (SSSR count). The Morgan fingerprint density at radius 3 is 2.81 bits per heavy atom. The molecule has 0 bridgehead atoms. The van der Waals surface area contributed by atoms with E-state index in [4.69, 9.17) is 9.84 Å². The van der Waals surface area contributed by atoms with Crippen molar-refractivity contribution in [1.29, 1.82) is 0 Å². The van der Waals surface area contributed by atoms with E-state index in [9.17, 15) is 13.2 Å². The monoisotopic (exact) mass is 441 g/mol.